The molecule has 0 saturated carbocycles. The summed E-state index contributed by atoms with van der Waals surface area (Å²) >= 11 is 3.63. The van der Waals surface area contributed by atoms with Crippen molar-refractivity contribution in [3.63, 3.8) is 0 Å². The Kier molecular flexibility index (Phi) is 6.97. The van der Waals surface area contributed by atoms with Gasteiger partial charge in [-0.05, 0) is 79.8 Å². The fraction of sp³-hybridized carbons (Fsp3) is 0. The Morgan fingerprint density at radius 3 is 1.45 bits per heavy atom. The van der Waals surface area contributed by atoms with Gasteiger partial charge in [-0.1, -0.05) is 140 Å². The number of hydrogen-bond acceptors (Lipinski definition) is 5. The molecule has 3 heterocycles. The maximum Gasteiger partial charge on any atom is 0.164 e. The van der Waals surface area contributed by atoms with Crippen LogP contribution in [-0.2, 0) is 0 Å². The van der Waals surface area contributed by atoms with Crippen molar-refractivity contribution < 1.29 is 0 Å². The summed E-state index contributed by atoms with van der Waals surface area (Å²) in [5, 5.41) is 12.6. The Bertz CT molecular complexity index is 3510. The molecule has 0 saturated heterocycles. The Balaban J connectivity index is 1.11. The van der Waals surface area contributed by atoms with Gasteiger partial charge >= 0.3 is 0 Å². The first-order valence-electron chi connectivity index (χ1n) is 18.8. The zero-order chi connectivity index (χ0) is 36.7. The molecule has 0 aliphatic carbocycles. The standard InChI is InChI=1S/C51H29N3S2/c1-2-12-30(13-3-1)49-52-50(32-23-25-40-39-18-8-10-20-44(39)55-46(40)28-32)54-51(53-49)33-27-42(48-41-19-9-11-21-45(41)56-47(48)29-33)31-22-24-38-36-16-5-4-14-34(36)35-15-6-7-17-37(35)43(38)26-31/h1-29H. The van der Waals surface area contributed by atoms with E-state index in [9.17, 15) is 0 Å². The number of aromatic nitrogens is 3. The lowest BCUT2D eigenvalue weighted by molar-refractivity contribution is 1.08. The first-order chi connectivity index (χ1) is 27.7. The smallest absolute Gasteiger partial charge is 0.164 e. The molecule has 12 rings (SSSR count). The van der Waals surface area contributed by atoms with E-state index in [4.69, 9.17) is 15.0 Å². The number of fused-ring (bicyclic) bond motifs is 12. The van der Waals surface area contributed by atoms with Crippen molar-refractivity contribution in [3.05, 3.63) is 176 Å². The average molecular weight is 748 g/mol. The monoisotopic (exact) mass is 747 g/mol. The van der Waals surface area contributed by atoms with Crippen molar-refractivity contribution in [1.82, 2.24) is 15.0 Å². The lowest BCUT2D eigenvalue weighted by atomic mass is 9.90. The number of thiophene rings is 2. The quantitative estimate of drug-likeness (QED) is 0.168. The molecule has 5 heteroatoms. The fourth-order valence-corrected chi connectivity index (χ4v) is 10.8. The van der Waals surface area contributed by atoms with Crippen LogP contribution in [0, 0.1) is 0 Å². The molecule has 0 atom stereocenters. The molecule has 56 heavy (non-hydrogen) atoms. The van der Waals surface area contributed by atoms with Crippen LogP contribution < -0.4 is 0 Å². The molecule has 12 aromatic rings. The van der Waals surface area contributed by atoms with Gasteiger partial charge in [0.15, 0.2) is 17.5 Å². The van der Waals surface area contributed by atoms with E-state index in [2.05, 4.69) is 158 Å². The van der Waals surface area contributed by atoms with E-state index >= 15 is 0 Å². The molecule has 260 valence electrons. The third-order valence-corrected chi connectivity index (χ3v) is 13.3. The van der Waals surface area contributed by atoms with Gasteiger partial charge in [0.25, 0.3) is 0 Å². The predicted octanol–water partition coefficient (Wildman–Crippen LogP) is 14.7. The van der Waals surface area contributed by atoms with E-state index in [1.165, 1.54) is 83.8 Å². The third kappa shape index (κ3) is 4.92. The molecule has 0 aliphatic rings. The zero-order valence-electron chi connectivity index (χ0n) is 29.9. The van der Waals surface area contributed by atoms with Crippen LogP contribution in [0.25, 0.3) is 118 Å². The van der Waals surface area contributed by atoms with Crippen molar-refractivity contribution in [2.24, 2.45) is 0 Å². The second-order valence-electron chi connectivity index (χ2n) is 14.3. The molecule has 9 aromatic carbocycles. The highest BCUT2D eigenvalue weighted by Gasteiger charge is 2.19. The predicted molar refractivity (Wildman–Crippen MR) is 240 cm³/mol. The summed E-state index contributed by atoms with van der Waals surface area (Å²) in [6, 6.07) is 63.3. The number of rotatable bonds is 4. The van der Waals surface area contributed by atoms with Gasteiger partial charge in [0.2, 0.25) is 0 Å². The highest BCUT2D eigenvalue weighted by atomic mass is 32.1. The van der Waals surface area contributed by atoms with Gasteiger partial charge in [0, 0.05) is 57.0 Å². The minimum absolute atomic E-state index is 0.656. The van der Waals surface area contributed by atoms with Crippen LogP contribution in [0.4, 0.5) is 0 Å². The maximum atomic E-state index is 5.27. The van der Waals surface area contributed by atoms with Crippen LogP contribution in [-0.4, -0.2) is 15.0 Å². The van der Waals surface area contributed by atoms with Crippen LogP contribution in [0.1, 0.15) is 0 Å². The van der Waals surface area contributed by atoms with Crippen molar-refractivity contribution in [3.8, 4) is 45.3 Å². The lowest BCUT2D eigenvalue weighted by Gasteiger charge is -2.14. The Hall–Kier alpha value is -6.79. The second-order valence-corrected chi connectivity index (χ2v) is 16.5. The van der Waals surface area contributed by atoms with E-state index < -0.39 is 0 Å². The molecule has 0 aliphatic heterocycles. The first kappa shape index (κ1) is 31.5. The molecule has 0 radical (unpaired) electrons. The van der Waals surface area contributed by atoms with E-state index in [0.717, 1.165) is 16.7 Å². The summed E-state index contributed by atoms with van der Waals surface area (Å²) < 4.78 is 4.96. The number of benzene rings is 9. The van der Waals surface area contributed by atoms with Gasteiger partial charge in [-0.15, -0.1) is 22.7 Å². The van der Waals surface area contributed by atoms with Crippen LogP contribution >= 0.6 is 22.7 Å². The molecular formula is C51H29N3S2. The molecule has 0 spiro atoms. The third-order valence-electron chi connectivity index (χ3n) is 11.1. The van der Waals surface area contributed by atoms with Crippen LogP contribution in [0.2, 0.25) is 0 Å². The van der Waals surface area contributed by atoms with E-state index in [0.29, 0.717) is 17.5 Å². The van der Waals surface area contributed by atoms with Gasteiger partial charge in [-0.25, -0.2) is 15.0 Å². The fourth-order valence-electron chi connectivity index (χ4n) is 8.50. The molecule has 3 aromatic heterocycles. The summed E-state index contributed by atoms with van der Waals surface area (Å²) in [6.45, 7) is 0. The van der Waals surface area contributed by atoms with Gasteiger partial charge in [0.05, 0.1) is 0 Å². The van der Waals surface area contributed by atoms with Gasteiger partial charge in [-0.2, -0.15) is 0 Å². The van der Waals surface area contributed by atoms with Crippen molar-refractivity contribution >= 4 is 95.3 Å². The second kappa shape index (κ2) is 12.4. The summed E-state index contributed by atoms with van der Waals surface area (Å²) in [4.78, 5) is 15.6. The Labute approximate surface area is 329 Å². The first-order valence-corrected chi connectivity index (χ1v) is 20.4. The number of hydrogen-bond donors (Lipinski definition) is 0. The largest absolute Gasteiger partial charge is 0.208 e. The molecule has 0 bridgehead atoms. The molecule has 3 nitrogen and oxygen atoms in total. The highest BCUT2D eigenvalue weighted by Crippen LogP contribution is 2.45. The van der Waals surface area contributed by atoms with Gasteiger partial charge < -0.3 is 0 Å². The Morgan fingerprint density at radius 2 is 0.732 bits per heavy atom. The average Bonchev–Trinajstić information content (AvgIpc) is 3.84. The highest BCUT2D eigenvalue weighted by molar-refractivity contribution is 7.26. The summed E-state index contributed by atoms with van der Waals surface area (Å²) in [5.41, 5.74) is 5.23. The van der Waals surface area contributed by atoms with Gasteiger partial charge in [0.1, 0.15) is 0 Å². The zero-order valence-corrected chi connectivity index (χ0v) is 31.5. The summed E-state index contributed by atoms with van der Waals surface area (Å²) in [6.07, 6.45) is 0. The minimum Gasteiger partial charge on any atom is -0.208 e. The summed E-state index contributed by atoms with van der Waals surface area (Å²) in [7, 11) is 0. The SMILES string of the molecule is c1ccc(-c2nc(-c3ccc4c(c3)sc3ccccc34)nc(-c3cc(-c4ccc5c6ccccc6c6ccccc6c5c4)c4c(c3)sc3ccccc34)n2)cc1. The van der Waals surface area contributed by atoms with Gasteiger partial charge in [-0.3, -0.25) is 0 Å². The van der Waals surface area contributed by atoms with E-state index in [1.54, 1.807) is 11.3 Å². The van der Waals surface area contributed by atoms with Crippen molar-refractivity contribution in [1.29, 1.82) is 0 Å². The molecular weight excluding hydrogens is 719 g/mol. The number of nitrogens with zero attached hydrogens (tertiary/aromatic N) is 3. The summed E-state index contributed by atoms with van der Waals surface area (Å²) in [5.74, 6) is 1.97. The topological polar surface area (TPSA) is 38.7 Å². The Morgan fingerprint density at radius 1 is 0.268 bits per heavy atom. The molecule has 0 N–H and O–H groups in total. The molecule has 0 amide bonds. The van der Waals surface area contributed by atoms with Crippen molar-refractivity contribution in [2.45, 2.75) is 0 Å². The van der Waals surface area contributed by atoms with Crippen LogP contribution in [0.3, 0.4) is 0 Å². The van der Waals surface area contributed by atoms with Crippen LogP contribution in [0.5, 0.6) is 0 Å². The van der Waals surface area contributed by atoms with Crippen LogP contribution in [0.15, 0.2) is 176 Å². The maximum absolute atomic E-state index is 5.27. The van der Waals surface area contributed by atoms with E-state index in [1.807, 2.05) is 29.5 Å². The van der Waals surface area contributed by atoms with Crippen molar-refractivity contribution in [2.75, 3.05) is 0 Å². The lowest BCUT2D eigenvalue weighted by Crippen LogP contribution is -2.00. The minimum atomic E-state index is 0.656. The normalized spacial score (nSPS) is 11.9. The molecule has 0 fully saturated rings. The van der Waals surface area contributed by atoms with E-state index in [-0.39, 0.29) is 0 Å². The molecule has 0 unspecified atom stereocenters.